The van der Waals surface area contributed by atoms with Crippen LogP contribution in [0.2, 0.25) is 0 Å². The fraction of sp³-hybridized carbons (Fsp3) is 0.167. The van der Waals surface area contributed by atoms with E-state index in [1.54, 1.807) is 0 Å². The molecule has 0 rings (SSSR count). The summed E-state index contributed by atoms with van der Waals surface area (Å²) in [5.41, 5.74) is 0. The third-order valence-corrected chi connectivity index (χ3v) is 0.398. The van der Waals surface area contributed by atoms with Gasteiger partial charge in [-0.2, -0.15) is 0 Å². The van der Waals surface area contributed by atoms with E-state index >= 15 is 0 Å². The van der Waals surface area contributed by atoms with Gasteiger partial charge in [0.2, 0.25) is 0 Å². The zero-order chi connectivity index (χ0) is 6.41. The first-order chi connectivity index (χ1) is 3.77. The van der Waals surface area contributed by atoms with E-state index in [9.17, 15) is 4.79 Å². The molecule has 0 spiro atoms. The van der Waals surface area contributed by atoms with E-state index in [4.69, 9.17) is 6.42 Å². The number of hydrogen-bond donors (Lipinski definition) is 0. The van der Waals surface area contributed by atoms with Crippen molar-refractivity contribution < 1.29 is 9.53 Å². The van der Waals surface area contributed by atoms with Gasteiger partial charge in [0.25, 0.3) is 0 Å². The Morgan fingerprint density at radius 1 is 1.88 bits per heavy atom. The molecule has 0 unspecified atom stereocenters. The highest BCUT2D eigenvalue weighted by Crippen LogP contribution is 1.75. The van der Waals surface area contributed by atoms with Crippen LogP contribution in [0.3, 0.4) is 0 Å². The van der Waals surface area contributed by atoms with Crippen LogP contribution < -0.4 is 0 Å². The van der Waals surface area contributed by atoms with Gasteiger partial charge >= 0.3 is 5.97 Å². The minimum atomic E-state index is -0.364. The first-order valence-corrected chi connectivity index (χ1v) is 2.05. The molecule has 2 nitrogen and oxygen atoms in total. The molecule has 0 heterocycles. The summed E-state index contributed by atoms with van der Waals surface area (Å²) >= 11 is 0. The second kappa shape index (κ2) is 3.94. The highest BCUT2D eigenvalue weighted by molar-refractivity contribution is 5.66. The average Bonchev–Trinajstić information content (AvgIpc) is 1.66. The van der Waals surface area contributed by atoms with E-state index in [0.29, 0.717) is 0 Å². The second-order valence-corrected chi connectivity index (χ2v) is 1.08. The standard InChI is InChI=1S/C6H6O2/c1-3-4-5-8-6(2)7/h1,4-5H,2H3. The molecule has 0 aromatic carbocycles. The van der Waals surface area contributed by atoms with E-state index in [0.717, 1.165) is 0 Å². The van der Waals surface area contributed by atoms with Gasteiger partial charge in [0.15, 0.2) is 0 Å². The Labute approximate surface area is 48.1 Å². The summed E-state index contributed by atoms with van der Waals surface area (Å²) in [5.74, 6) is 1.80. The third kappa shape index (κ3) is 4.77. The van der Waals surface area contributed by atoms with Crippen LogP contribution in [0.4, 0.5) is 0 Å². The van der Waals surface area contributed by atoms with E-state index in [1.807, 2.05) is 0 Å². The molecular weight excluding hydrogens is 104 g/mol. The van der Waals surface area contributed by atoms with Crippen molar-refractivity contribution in [2.75, 3.05) is 0 Å². The van der Waals surface area contributed by atoms with E-state index in [-0.39, 0.29) is 5.97 Å². The number of ether oxygens (including phenoxy) is 1. The first kappa shape index (κ1) is 6.77. The van der Waals surface area contributed by atoms with Gasteiger partial charge in [-0.3, -0.25) is 4.79 Å². The quantitative estimate of drug-likeness (QED) is 0.282. The van der Waals surface area contributed by atoms with Crippen LogP contribution in [-0.2, 0) is 9.53 Å². The summed E-state index contributed by atoms with van der Waals surface area (Å²) < 4.78 is 4.32. The van der Waals surface area contributed by atoms with Crippen LogP contribution in [0.25, 0.3) is 0 Å². The maximum atomic E-state index is 9.98. The molecule has 0 bridgehead atoms. The molecule has 0 N–H and O–H groups in total. The Bertz CT molecular complexity index is 139. The Morgan fingerprint density at radius 3 is 2.88 bits per heavy atom. The van der Waals surface area contributed by atoms with Crippen molar-refractivity contribution in [2.24, 2.45) is 0 Å². The number of rotatable bonds is 1. The van der Waals surface area contributed by atoms with Gasteiger partial charge in [-0.25, -0.2) is 0 Å². The molecule has 0 aromatic heterocycles. The lowest BCUT2D eigenvalue weighted by molar-refractivity contribution is -0.135. The predicted octanol–water partition coefficient (Wildman–Crippen LogP) is 0.696. The molecule has 0 saturated carbocycles. The third-order valence-electron chi connectivity index (χ3n) is 0.398. The lowest BCUT2D eigenvalue weighted by atomic mass is 10.7. The van der Waals surface area contributed by atoms with Crippen molar-refractivity contribution in [3.05, 3.63) is 12.3 Å². The molecule has 0 aliphatic rings. The molecule has 0 aliphatic heterocycles. The fourth-order valence-electron chi connectivity index (χ4n) is 0.169. The summed E-state index contributed by atoms with van der Waals surface area (Å²) in [6.07, 6.45) is 7.26. The van der Waals surface area contributed by atoms with Crippen LogP contribution >= 0.6 is 0 Å². The van der Waals surface area contributed by atoms with Gasteiger partial charge < -0.3 is 4.74 Å². The average molecular weight is 110 g/mol. The predicted molar refractivity (Wildman–Crippen MR) is 29.7 cm³/mol. The van der Waals surface area contributed by atoms with E-state index < -0.39 is 0 Å². The van der Waals surface area contributed by atoms with E-state index in [2.05, 4.69) is 10.7 Å². The molecule has 42 valence electrons. The van der Waals surface area contributed by atoms with Crippen LogP contribution in [0.5, 0.6) is 0 Å². The van der Waals surface area contributed by atoms with Crippen molar-refractivity contribution in [2.45, 2.75) is 6.92 Å². The minimum absolute atomic E-state index is 0.364. The topological polar surface area (TPSA) is 26.3 Å². The van der Waals surface area contributed by atoms with Gasteiger partial charge in [-0.05, 0) is 0 Å². The Kier molecular flexibility index (Phi) is 3.34. The van der Waals surface area contributed by atoms with Crippen molar-refractivity contribution >= 4 is 5.97 Å². The zero-order valence-electron chi connectivity index (χ0n) is 4.55. The van der Waals surface area contributed by atoms with Crippen LogP contribution in [-0.4, -0.2) is 5.97 Å². The molecular formula is C6H6O2. The van der Waals surface area contributed by atoms with Gasteiger partial charge in [-0.15, -0.1) is 6.42 Å². The van der Waals surface area contributed by atoms with E-state index in [1.165, 1.54) is 19.3 Å². The second-order valence-electron chi connectivity index (χ2n) is 1.08. The smallest absolute Gasteiger partial charge is 0.307 e. The maximum Gasteiger partial charge on any atom is 0.307 e. The Balaban J connectivity index is 3.34. The Hall–Kier alpha value is -1.23. The zero-order valence-corrected chi connectivity index (χ0v) is 4.55. The van der Waals surface area contributed by atoms with Crippen LogP contribution in [0.1, 0.15) is 6.92 Å². The van der Waals surface area contributed by atoms with Crippen molar-refractivity contribution in [3.8, 4) is 12.3 Å². The number of terminal acetylenes is 1. The largest absolute Gasteiger partial charge is 0.434 e. The minimum Gasteiger partial charge on any atom is -0.434 e. The molecule has 8 heavy (non-hydrogen) atoms. The Morgan fingerprint density at radius 2 is 2.50 bits per heavy atom. The molecule has 0 amide bonds. The highest BCUT2D eigenvalue weighted by atomic mass is 16.5. The van der Waals surface area contributed by atoms with Gasteiger partial charge in [0.05, 0.1) is 0 Å². The van der Waals surface area contributed by atoms with Crippen molar-refractivity contribution in [3.63, 3.8) is 0 Å². The summed E-state index contributed by atoms with van der Waals surface area (Å²) in [4.78, 5) is 9.98. The number of allylic oxidation sites excluding steroid dienone is 1. The van der Waals surface area contributed by atoms with Crippen molar-refractivity contribution in [1.82, 2.24) is 0 Å². The summed E-state index contributed by atoms with van der Waals surface area (Å²) in [7, 11) is 0. The fourth-order valence-corrected chi connectivity index (χ4v) is 0.169. The molecule has 0 fully saturated rings. The summed E-state index contributed by atoms with van der Waals surface area (Å²) in [6.45, 7) is 1.31. The first-order valence-electron chi connectivity index (χ1n) is 2.05. The molecule has 0 radical (unpaired) electrons. The molecule has 2 heteroatoms. The number of esters is 1. The number of hydrogen-bond acceptors (Lipinski definition) is 2. The van der Waals surface area contributed by atoms with Crippen molar-refractivity contribution in [1.29, 1.82) is 0 Å². The molecule has 0 aliphatic carbocycles. The van der Waals surface area contributed by atoms with Gasteiger partial charge in [-0.1, -0.05) is 5.92 Å². The van der Waals surface area contributed by atoms with Crippen LogP contribution in [0, 0.1) is 12.3 Å². The summed E-state index contributed by atoms with van der Waals surface area (Å²) in [6, 6.07) is 0. The normalized spacial score (nSPS) is 8.50. The molecule has 0 saturated heterocycles. The highest BCUT2D eigenvalue weighted by Gasteiger charge is 1.81. The monoisotopic (exact) mass is 110 g/mol. The number of carbonyl (C=O) groups is 1. The lowest BCUT2D eigenvalue weighted by Crippen LogP contribution is -1.88. The SMILES string of the molecule is C#CC=COC(C)=O. The van der Waals surface area contributed by atoms with Gasteiger partial charge in [0, 0.05) is 13.0 Å². The maximum absolute atomic E-state index is 9.98. The molecule has 0 atom stereocenters. The lowest BCUT2D eigenvalue weighted by Gasteiger charge is -1.85. The summed E-state index contributed by atoms with van der Waals surface area (Å²) in [5, 5.41) is 0. The molecule has 0 aromatic rings. The number of carbonyl (C=O) groups excluding carboxylic acids is 1. The van der Waals surface area contributed by atoms with Gasteiger partial charge in [0.1, 0.15) is 6.26 Å². The van der Waals surface area contributed by atoms with Crippen LogP contribution in [0.15, 0.2) is 12.3 Å².